The SMILES string of the molecule is CC(C)N(Cc1cccc(OS(=O)(=O)c2ccc(F)cc2)c1)S(=O)(=O)c1ccc(F)cc1. The highest BCUT2D eigenvalue weighted by atomic mass is 32.2. The molecule has 0 heterocycles. The van der Waals surface area contributed by atoms with E-state index in [1.165, 1.54) is 34.6 Å². The van der Waals surface area contributed by atoms with Gasteiger partial charge in [0.15, 0.2) is 0 Å². The summed E-state index contributed by atoms with van der Waals surface area (Å²) in [6.07, 6.45) is 0. The molecule has 0 aliphatic carbocycles. The molecule has 0 unspecified atom stereocenters. The maximum Gasteiger partial charge on any atom is 0.339 e. The highest BCUT2D eigenvalue weighted by molar-refractivity contribution is 7.89. The van der Waals surface area contributed by atoms with Gasteiger partial charge in [-0.2, -0.15) is 12.7 Å². The van der Waals surface area contributed by atoms with Gasteiger partial charge in [0.05, 0.1) is 4.90 Å². The quantitative estimate of drug-likeness (QED) is 0.448. The third-order valence-electron chi connectivity index (χ3n) is 4.54. The van der Waals surface area contributed by atoms with Crippen molar-refractivity contribution in [3.63, 3.8) is 0 Å². The third kappa shape index (κ3) is 5.50. The van der Waals surface area contributed by atoms with E-state index in [1.54, 1.807) is 19.9 Å². The molecule has 0 atom stereocenters. The van der Waals surface area contributed by atoms with E-state index in [0.29, 0.717) is 5.56 Å². The summed E-state index contributed by atoms with van der Waals surface area (Å²) in [5.74, 6) is -1.15. The molecule has 0 spiro atoms. The van der Waals surface area contributed by atoms with Crippen molar-refractivity contribution in [3.8, 4) is 5.75 Å². The highest BCUT2D eigenvalue weighted by Gasteiger charge is 2.27. The number of hydrogen-bond donors (Lipinski definition) is 0. The van der Waals surface area contributed by atoms with Gasteiger partial charge >= 0.3 is 10.1 Å². The Kier molecular flexibility index (Phi) is 6.97. The molecule has 10 heteroatoms. The standard InChI is InChI=1S/C22H21F2NO5S2/c1-16(2)25(31(26,27)21-10-6-18(23)7-11-21)15-17-4-3-5-20(14-17)30-32(28,29)22-12-8-19(24)9-13-22/h3-14,16H,15H2,1-2H3. The molecule has 0 aliphatic rings. The van der Waals surface area contributed by atoms with Gasteiger partial charge in [0.1, 0.15) is 22.3 Å². The van der Waals surface area contributed by atoms with Crippen molar-refractivity contribution in [1.82, 2.24) is 4.31 Å². The van der Waals surface area contributed by atoms with Gasteiger partial charge in [-0.15, -0.1) is 0 Å². The van der Waals surface area contributed by atoms with Gasteiger partial charge in [0.25, 0.3) is 0 Å². The second-order valence-corrected chi connectivity index (χ2v) is 10.7. The Bertz CT molecular complexity index is 1290. The molecule has 0 bridgehead atoms. The summed E-state index contributed by atoms with van der Waals surface area (Å²) in [5, 5.41) is 0. The third-order valence-corrected chi connectivity index (χ3v) is 7.84. The van der Waals surface area contributed by atoms with Crippen LogP contribution in [0.1, 0.15) is 19.4 Å². The molecular formula is C22H21F2NO5S2. The van der Waals surface area contributed by atoms with Gasteiger partial charge in [-0.3, -0.25) is 0 Å². The molecule has 0 saturated heterocycles. The summed E-state index contributed by atoms with van der Waals surface area (Å²) in [5.41, 5.74) is 0.483. The van der Waals surface area contributed by atoms with Crippen molar-refractivity contribution in [2.45, 2.75) is 36.2 Å². The number of nitrogens with zero attached hydrogens (tertiary/aromatic N) is 1. The van der Waals surface area contributed by atoms with Crippen molar-refractivity contribution < 1.29 is 29.8 Å². The Morgan fingerprint density at radius 2 is 1.34 bits per heavy atom. The molecule has 0 aliphatic heterocycles. The van der Waals surface area contributed by atoms with Gasteiger partial charge in [-0.25, -0.2) is 17.2 Å². The minimum Gasteiger partial charge on any atom is -0.379 e. The zero-order valence-electron chi connectivity index (χ0n) is 17.3. The van der Waals surface area contributed by atoms with E-state index in [4.69, 9.17) is 4.18 Å². The lowest BCUT2D eigenvalue weighted by Gasteiger charge is -2.26. The smallest absolute Gasteiger partial charge is 0.339 e. The highest BCUT2D eigenvalue weighted by Crippen LogP contribution is 2.25. The zero-order chi connectivity index (χ0) is 23.5. The first-order valence-electron chi connectivity index (χ1n) is 9.55. The summed E-state index contributed by atoms with van der Waals surface area (Å²) < 4.78 is 83.6. The fourth-order valence-electron chi connectivity index (χ4n) is 2.94. The van der Waals surface area contributed by atoms with E-state index >= 15 is 0 Å². The minimum absolute atomic E-state index is 0.0188. The number of rotatable bonds is 8. The van der Waals surface area contributed by atoms with E-state index in [9.17, 15) is 25.6 Å². The van der Waals surface area contributed by atoms with Crippen LogP contribution in [0.15, 0.2) is 82.6 Å². The molecule has 32 heavy (non-hydrogen) atoms. The molecule has 170 valence electrons. The molecule has 0 aromatic heterocycles. The topological polar surface area (TPSA) is 80.8 Å². The molecule has 0 fully saturated rings. The second-order valence-electron chi connectivity index (χ2n) is 7.24. The summed E-state index contributed by atoms with van der Waals surface area (Å²) in [4.78, 5) is -0.272. The van der Waals surface area contributed by atoms with Gasteiger partial charge < -0.3 is 4.18 Å². The lowest BCUT2D eigenvalue weighted by atomic mass is 10.2. The molecule has 0 saturated carbocycles. The number of benzene rings is 3. The monoisotopic (exact) mass is 481 g/mol. The van der Waals surface area contributed by atoms with Crippen LogP contribution in [0.5, 0.6) is 5.75 Å². The fraction of sp³-hybridized carbons (Fsp3) is 0.182. The maximum atomic E-state index is 13.2. The van der Waals surface area contributed by atoms with Crippen LogP contribution >= 0.6 is 0 Å². The van der Waals surface area contributed by atoms with Crippen LogP contribution in [0.25, 0.3) is 0 Å². The minimum atomic E-state index is -4.20. The summed E-state index contributed by atoms with van der Waals surface area (Å²) in [6, 6.07) is 14.3. The van der Waals surface area contributed by atoms with Gasteiger partial charge in [0.2, 0.25) is 10.0 Å². The van der Waals surface area contributed by atoms with Crippen LogP contribution in [-0.4, -0.2) is 27.2 Å². The van der Waals surface area contributed by atoms with Crippen LogP contribution in [0.2, 0.25) is 0 Å². The first-order valence-corrected chi connectivity index (χ1v) is 12.4. The van der Waals surface area contributed by atoms with Crippen LogP contribution in [-0.2, 0) is 26.7 Å². The number of hydrogen-bond acceptors (Lipinski definition) is 5. The van der Waals surface area contributed by atoms with Crippen LogP contribution in [0, 0.1) is 11.6 Å². The lowest BCUT2D eigenvalue weighted by molar-refractivity contribution is 0.347. The second kappa shape index (κ2) is 9.35. The predicted octanol–water partition coefficient (Wildman–Crippen LogP) is 4.33. The fourth-order valence-corrected chi connectivity index (χ4v) is 5.49. The average molecular weight is 482 g/mol. The molecule has 3 rings (SSSR count). The van der Waals surface area contributed by atoms with E-state index < -0.39 is 37.8 Å². The van der Waals surface area contributed by atoms with Gasteiger partial charge in [-0.05, 0) is 80.1 Å². The van der Waals surface area contributed by atoms with E-state index in [-0.39, 0.29) is 22.1 Å². The number of sulfonamides is 1. The van der Waals surface area contributed by atoms with Crippen molar-refractivity contribution in [3.05, 3.63) is 90.0 Å². The van der Waals surface area contributed by atoms with Crippen LogP contribution in [0.4, 0.5) is 8.78 Å². The Morgan fingerprint density at radius 3 is 1.88 bits per heavy atom. The molecular weight excluding hydrogens is 460 g/mol. The Hall–Kier alpha value is -2.82. The molecule has 3 aromatic rings. The largest absolute Gasteiger partial charge is 0.379 e. The first kappa shape index (κ1) is 23.8. The molecule has 0 N–H and O–H groups in total. The van der Waals surface area contributed by atoms with Crippen LogP contribution in [0.3, 0.4) is 0 Å². The van der Waals surface area contributed by atoms with E-state index in [0.717, 1.165) is 36.4 Å². The van der Waals surface area contributed by atoms with Gasteiger partial charge in [-0.1, -0.05) is 12.1 Å². The Morgan fingerprint density at radius 1 is 0.812 bits per heavy atom. The molecule has 3 aromatic carbocycles. The van der Waals surface area contributed by atoms with Gasteiger partial charge in [0, 0.05) is 12.6 Å². The zero-order valence-corrected chi connectivity index (χ0v) is 18.9. The predicted molar refractivity (Wildman–Crippen MR) is 115 cm³/mol. The summed E-state index contributed by atoms with van der Waals surface area (Å²) >= 11 is 0. The van der Waals surface area contributed by atoms with Crippen molar-refractivity contribution in [2.75, 3.05) is 0 Å². The van der Waals surface area contributed by atoms with E-state index in [2.05, 4.69) is 0 Å². The Labute approximate surface area is 186 Å². The van der Waals surface area contributed by atoms with Crippen molar-refractivity contribution in [1.29, 1.82) is 0 Å². The first-order chi connectivity index (χ1) is 15.0. The van der Waals surface area contributed by atoms with E-state index in [1.807, 2.05) is 0 Å². The lowest BCUT2D eigenvalue weighted by Crippen LogP contribution is -2.36. The van der Waals surface area contributed by atoms with Crippen molar-refractivity contribution >= 4 is 20.1 Å². The molecule has 0 amide bonds. The summed E-state index contributed by atoms with van der Waals surface area (Å²) in [7, 11) is -8.14. The Balaban J connectivity index is 1.86. The molecule has 6 nitrogen and oxygen atoms in total. The summed E-state index contributed by atoms with van der Waals surface area (Å²) in [6.45, 7) is 3.33. The normalized spacial score (nSPS) is 12.3. The van der Waals surface area contributed by atoms with Crippen LogP contribution < -0.4 is 4.18 Å². The number of halogens is 2. The maximum absolute atomic E-state index is 13.2. The van der Waals surface area contributed by atoms with Crippen molar-refractivity contribution in [2.24, 2.45) is 0 Å². The molecule has 0 radical (unpaired) electrons. The average Bonchev–Trinajstić information content (AvgIpc) is 2.72.